The summed E-state index contributed by atoms with van der Waals surface area (Å²) in [6.45, 7) is 0. The Hall–Kier alpha value is -1.74. The fourth-order valence-electron chi connectivity index (χ4n) is 1.81. The zero-order valence-corrected chi connectivity index (χ0v) is 11.3. The lowest BCUT2D eigenvalue weighted by Gasteiger charge is -2.17. The second-order valence-electron chi connectivity index (χ2n) is 4.29. The Morgan fingerprint density at radius 2 is 1.47 bits per heavy atom. The molecule has 0 heterocycles. The molecule has 0 radical (unpaired) electrons. The van der Waals surface area contributed by atoms with E-state index >= 15 is 0 Å². The smallest absolute Gasteiger partial charge is 0.0548 e. The van der Waals surface area contributed by atoms with Crippen LogP contribution in [0.5, 0.6) is 0 Å². The van der Waals surface area contributed by atoms with E-state index in [0.717, 1.165) is 11.1 Å². The molecule has 0 amide bonds. The van der Waals surface area contributed by atoms with Crippen molar-refractivity contribution in [2.24, 2.45) is 0 Å². The van der Waals surface area contributed by atoms with Crippen LogP contribution in [-0.4, -0.2) is 11.2 Å². The number of rotatable bonds is 6. The van der Waals surface area contributed by atoms with E-state index in [-0.39, 0.29) is 0 Å². The summed E-state index contributed by atoms with van der Waals surface area (Å²) in [5.74, 6) is -0.309. The van der Waals surface area contributed by atoms with E-state index in [4.69, 9.17) is 0 Å². The van der Waals surface area contributed by atoms with E-state index in [2.05, 4.69) is 0 Å². The molecule has 1 atom stereocenters. The van der Waals surface area contributed by atoms with Crippen molar-refractivity contribution in [1.29, 1.82) is 0 Å². The second kappa shape index (κ2) is 7.00. The number of hydrogen-bond acceptors (Lipinski definition) is 3. The molecule has 0 bridgehead atoms. The van der Waals surface area contributed by atoms with Crippen LogP contribution < -0.4 is 5.11 Å². The average molecular weight is 271 g/mol. The van der Waals surface area contributed by atoms with Crippen molar-refractivity contribution < 1.29 is 9.90 Å². The van der Waals surface area contributed by atoms with Gasteiger partial charge in [-0.05, 0) is 17.5 Å². The molecule has 0 saturated heterocycles. The first-order chi connectivity index (χ1) is 9.25. The Morgan fingerprint density at radius 3 is 2.00 bits per heavy atom. The zero-order valence-electron chi connectivity index (χ0n) is 10.5. The highest BCUT2D eigenvalue weighted by molar-refractivity contribution is 7.99. The van der Waals surface area contributed by atoms with E-state index in [1.54, 1.807) is 0 Å². The number of thioether (sulfide) groups is 1. The molecule has 0 saturated carbocycles. The van der Waals surface area contributed by atoms with Gasteiger partial charge in [-0.2, -0.15) is 0 Å². The zero-order chi connectivity index (χ0) is 13.5. The Bertz CT molecular complexity index is 511. The van der Waals surface area contributed by atoms with Crippen molar-refractivity contribution in [3.8, 4) is 0 Å². The van der Waals surface area contributed by atoms with E-state index in [9.17, 15) is 9.90 Å². The van der Waals surface area contributed by atoms with Gasteiger partial charge in [0.05, 0.1) is 5.97 Å². The molecule has 0 aliphatic rings. The molecule has 2 rings (SSSR count). The molecule has 3 heteroatoms. The minimum Gasteiger partial charge on any atom is -0.549 e. The van der Waals surface area contributed by atoms with Crippen LogP contribution in [0, 0.1) is 0 Å². The molecule has 2 aromatic rings. The van der Waals surface area contributed by atoms with Gasteiger partial charge < -0.3 is 9.90 Å². The first-order valence-electron chi connectivity index (χ1n) is 6.16. The molecular weight excluding hydrogens is 256 g/mol. The molecule has 19 heavy (non-hydrogen) atoms. The summed E-state index contributed by atoms with van der Waals surface area (Å²) in [4.78, 5) is 11.2. The Morgan fingerprint density at radius 1 is 0.947 bits per heavy atom. The lowest BCUT2D eigenvalue weighted by molar-refractivity contribution is -0.304. The van der Waals surface area contributed by atoms with Gasteiger partial charge in [0, 0.05) is 11.0 Å². The largest absolute Gasteiger partial charge is 0.549 e. The molecule has 0 N–H and O–H groups in total. The summed E-state index contributed by atoms with van der Waals surface area (Å²) in [5.41, 5.74) is 2.16. The summed E-state index contributed by atoms with van der Waals surface area (Å²) in [6.07, 6.45) is 0.501. The third kappa shape index (κ3) is 4.45. The van der Waals surface area contributed by atoms with Crippen molar-refractivity contribution in [2.45, 2.75) is 17.4 Å². The quantitative estimate of drug-likeness (QED) is 0.809. The van der Waals surface area contributed by atoms with Crippen LogP contribution in [0.15, 0.2) is 60.7 Å². The molecule has 0 aliphatic heterocycles. The molecule has 98 valence electrons. The molecule has 1 unspecified atom stereocenters. The average Bonchev–Trinajstić information content (AvgIpc) is 2.45. The second-order valence-corrected chi connectivity index (χ2v) is 5.49. The van der Waals surface area contributed by atoms with Gasteiger partial charge in [-0.1, -0.05) is 60.7 Å². The third-order valence-electron chi connectivity index (χ3n) is 2.82. The fourth-order valence-corrected chi connectivity index (χ4v) is 2.84. The minimum absolute atomic E-state index is 0.501. The predicted octanol–water partition coefficient (Wildman–Crippen LogP) is 2.28. The van der Waals surface area contributed by atoms with E-state index in [0.29, 0.717) is 12.2 Å². The van der Waals surface area contributed by atoms with Gasteiger partial charge in [0.25, 0.3) is 0 Å². The highest BCUT2D eigenvalue weighted by Crippen LogP contribution is 2.21. The van der Waals surface area contributed by atoms with Gasteiger partial charge in [0.1, 0.15) is 0 Å². The van der Waals surface area contributed by atoms with Crippen molar-refractivity contribution >= 4 is 17.7 Å². The normalized spacial score (nSPS) is 12.0. The topological polar surface area (TPSA) is 40.1 Å². The van der Waals surface area contributed by atoms with E-state index in [1.165, 1.54) is 11.8 Å². The maximum Gasteiger partial charge on any atom is 0.0548 e. The van der Waals surface area contributed by atoms with Crippen LogP contribution in [-0.2, 0) is 17.0 Å². The lowest BCUT2D eigenvalue weighted by atomic mass is 10.1. The van der Waals surface area contributed by atoms with E-state index in [1.807, 2.05) is 60.7 Å². The van der Waals surface area contributed by atoms with Crippen LogP contribution in [0.2, 0.25) is 0 Å². The lowest BCUT2D eigenvalue weighted by Crippen LogP contribution is -2.35. The summed E-state index contributed by atoms with van der Waals surface area (Å²) in [5, 5.41) is 10.7. The summed E-state index contributed by atoms with van der Waals surface area (Å²) < 4.78 is 0. The van der Waals surface area contributed by atoms with Crippen molar-refractivity contribution in [2.75, 3.05) is 0 Å². The van der Waals surface area contributed by atoms with Gasteiger partial charge >= 0.3 is 0 Å². The standard InChI is InChI=1S/C16H16O2S/c17-16(18)15(11-13-7-3-1-4-8-13)19-12-14-9-5-2-6-10-14/h1-10,15H,11-12H2,(H,17,18)/p-1. The predicted molar refractivity (Wildman–Crippen MR) is 76.7 cm³/mol. The SMILES string of the molecule is O=C([O-])C(Cc1ccccc1)SCc1ccccc1. The number of aliphatic carboxylic acids is 1. The van der Waals surface area contributed by atoms with Crippen LogP contribution in [0.3, 0.4) is 0 Å². The number of carboxylic acids is 1. The van der Waals surface area contributed by atoms with Gasteiger partial charge in [0.15, 0.2) is 0 Å². The van der Waals surface area contributed by atoms with Crippen molar-refractivity contribution in [3.63, 3.8) is 0 Å². The highest BCUT2D eigenvalue weighted by Gasteiger charge is 2.11. The number of benzene rings is 2. The maximum atomic E-state index is 11.2. The van der Waals surface area contributed by atoms with Crippen molar-refractivity contribution in [3.05, 3.63) is 71.8 Å². The minimum atomic E-state index is -0.996. The van der Waals surface area contributed by atoms with Gasteiger partial charge in [-0.3, -0.25) is 0 Å². The van der Waals surface area contributed by atoms with Crippen LogP contribution in [0.4, 0.5) is 0 Å². The first-order valence-corrected chi connectivity index (χ1v) is 7.21. The molecule has 0 fully saturated rings. The van der Waals surface area contributed by atoms with Gasteiger partial charge in [-0.25, -0.2) is 0 Å². The molecule has 2 nitrogen and oxygen atoms in total. The Kier molecular flexibility index (Phi) is 5.04. The highest BCUT2D eigenvalue weighted by atomic mass is 32.2. The fraction of sp³-hybridized carbons (Fsp3) is 0.188. The number of carbonyl (C=O) groups is 1. The Labute approximate surface area is 117 Å². The van der Waals surface area contributed by atoms with Crippen LogP contribution in [0.1, 0.15) is 11.1 Å². The summed E-state index contributed by atoms with van der Waals surface area (Å²) in [7, 11) is 0. The third-order valence-corrected chi connectivity index (χ3v) is 4.08. The summed E-state index contributed by atoms with van der Waals surface area (Å²) >= 11 is 1.42. The molecule has 2 aromatic carbocycles. The molecule has 0 aromatic heterocycles. The maximum absolute atomic E-state index is 11.2. The van der Waals surface area contributed by atoms with E-state index < -0.39 is 11.2 Å². The monoisotopic (exact) mass is 271 g/mol. The van der Waals surface area contributed by atoms with Gasteiger partial charge in [-0.15, -0.1) is 11.8 Å². The van der Waals surface area contributed by atoms with Crippen molar-refractivity contribution in [1.82, 2.24) is 0 Å². The van der Waals surface area contributed by atoms with Crippen LogP contribution in [0.25, 0.3) is 0 Å². The summed E-state index contributed by atoms with van der Waals surface area (Å²) in [6, 6.07) is 19.5. The van der Waals surface area contributed by atoms with Crippen LogP contribution >= 0.6 is 11.8 Å². The molecular formula is C16H15O2S-. The molecule has 0 aliphatic carbocycles. The molecule has 0 spiro atoms. The number of hydrogen-bond donors (Lipinski definition) is 0. The van der Waals surface area contributed by atoms with Gasteiger partial charge in [0.2, 0.25) is 0 Å². The first kappa shape index (κ1) is 13.7. The Balaban J connectivity index is 1.95. The number of carbonyl (C=O) groups excluding carboxylic acids is 1. The number of carboxylic acid groups (broad SMARTS) is 1.